The van der Waals surface area contributed by atoms with Crippen molar-refractivity contribution in [1.82, 2.24) is 10.9 Å². The van der Waals surface area contributed by atoms with Crippen molar-refractivity contribution in [3.63, 3.8) is 0 Å². The smallest absolute Gasteiger partial charge is 0.279 e. The summed E-state index contributed by atoms with van der Waals surface area (Å²) in [6.07, 6.45) is 6.28. The number of benzene rings is 1. The lowest BCUT2D eigenvalue weighted by Crippen LogP contribution is -2.41. The number of thiophene rings is 1. The minimum absolute atomic E-state index is 0.0539. The molecule has 2 amide bonds. The van der Waals surface area contributed by atoms with Gasteiger partial charge in [-0.05, 0) is 68.9 Å². The highest BCUT2D eigenvalue weighted by Gasteiger charge is 2.17. The molecule has 2 aromatic rings. The summed E-state index contributed by atoms with van der Waals surface area (Å²) < 4.78 is 10.9. The molecule has 3 rings (SSSR count). The van der Waals surface area contributed by atoms with Gasteiger partial charge in [-0.1, -0.05) is 6.42 Å². The van der Waals surface area contributed by atoms with Crippen LogP contribution in [-0.4, -0.2) is 31.3 Å². The SMILES string of the molecule is COc1cc(C(C)=O)ccc1OCCCC(=O)NNC(=O)c1cc2c(s1)CCCCC2. The quantitative estimate of drug-likeness (QED) is 0.279. The highest BCUT2D eigenvalue weighted by molar-refractivity contribution is 7.14. The standard InChI is InChI=1S/C23H28N2O5S/c1-15(26)16-10-11-18(19(13-16)29-2)30-12-6-9-22(27)24-25-23(28)21-14-17-7-4-3-5-8-20(17)31-21/h10-11,13-14H,3-9,12H2,1-2H3,(H,24,27)(H,25,28). The Balaban J connectivity index is 1.40. The van der Waals surface area contributed by atoms with E-state index in [-0.39, 0.29) is 24.0 Å². The second-order valence-corrected chi connectivity index (χ2v) is 8.63. The van der Waals surface area contributed by atoms with Crippen LogP contribution in [0.5, 0.6) is 11.5 Å². The van der Waals surface area contributed by atoms with Gasteiger partial charge in [0, 0.05) is 16.9 Å². The number of ether oxygens (including phenoxy) is 2. The van der Waals surface area contributed by atoms with Gasteiger partial charge in [0.05, 0.1) is 18.6 Å². The number of carbonyl (C=O) groups excluding carboxylic acids is 3. The number of hydrogen-bond acceptors (Lipinski definition) is 6. The first-order chi connectivity index (χ1) is 15.0. The first-order valence-corrected chi connectivity index (χ1v) is 11.3. The van der Waals surface area contributed by atoms with Gasteiger partial charge in [-0.3, -0.25) is 25.2 Å². The normalized spacial score (nSPS) is 13.0. The fraction of sp³-hybridized carbons (Fsp3) is 0.435. The molecule has 166 valence electrons. The zero-order valence-corrected chi connectivity index (χ0v) is 18.7. The molecule has 1 aliphatic carbocycles. The van der Waals surface area contributed by atoms with Crippen molar-refractivity contribution in [3.8, 4) is 11.5 Å². The van der Waals surface area contributed by atoms with Gasteiger partial charge in [-0.15, -0.1) is 11.3 Å². The number of rotatable bonds is 8. The highest BCUT2D eigenvalue weighted by atomic mass is 32.1. The Hall–Kier alpha value is -2.87. The lowest BCUT2D eigenvalue weighted by molar-refractivity contribution is -0.122. The van der Waals surface area contributed by atoms with E-state index in [4.69, 9.17) is 9.47 Å². The van der Waals surface area contributed by atoms with E-state index in [1.807, 2.05) is 6.07 Å². The van der Waals surface area contributed by atoms with Gasteiger partial charge in [0.1, 0.15) is 0 Å². The van der Waals surface area contributed by atoms with Gasteiger partial charge in [0.25, 0.3) is 5.91 Å². The number of Topliss-reactive ketones (excluding diaryl/α,β-unsaturated/α-hetero) is 1. The molecule has 7 nitrogen and oxygen atoms in total. The van der Waals surface area contributed by atoms with E-state index < -0.39 is 0 Å². The summed E-state index contributed by atoms with van der Waals surface area (Å²) in [5.74, 6) is 0.367. The van der Waals surface area contributed by atoms with Crippen molar-refractivity contribution in [2.45, 2.75) is 51.9 Å². The van der Waals surface area contributed by atoms with Crippen molar-refractivity contribution in [1.29, 1.82) is 0 Å². The monoisotopic (exact) mass is 444 g/mol. The minimum atomic E-state index is -0.283. The molecule has 1 heterocycles. The van der Waals surface area contributed by atoms with Gasteiger partial charge in [0.15, 0.2) is 17.3 Å². The maximum atomic E-state index is 12.3. The summed E-state index contributed by atoms with van der Waals surface area (Å²) in [6, 6.07) is 6.93. The molecule has 8 heteroatoms. The lowest BCUT2D eigenvalue weighted by Gasteiger charge is -2.11. The molecule has 0 saturated heterocycles. The Labute approximate surface area is 186 Å². The van der Waals surface area contributed by atoms with Gasteiger partial charge in [-0.2, -0.15) is 0 Å². The highest BCUT2D eigenvalue weighted by Crippen LogP contribution is 2.29. The van der Waals surface area contributed by atoms with Gasteiger partial charge < -0.3 is 9.47 Å². The number of carbonyl (C=O) groups is 3. The van der Waals surface area contributed by atoms with Crippen LogP contribution in [0.25, 0.3) is 0 Å². The Kier molecular flexibility index (Phi) is 8.06. The van der Waals surface area contributed by atoms with Crippen LogP contribution in [0.4, 0.5) is 0 Å². The Morgan fingerprint density at radius 3 is 2.61 bits per heavy atom. The van der Waals surface area contributed by atoms with Crippen LogP contribution in [0, 0.1) is 0 Å². The summed E-state index contributed by atoms with van der Waals surface area (Å²) >= 11 is 1.52. The predicted octanol–water partition coefficient (Wildman–Crippen LogP) is 3.85. The Bertz CT molecular complexity index is 930. The van der Waals surface area contributed by atoms with Crippen molar-refractivity contribution in [2.75, 3.05) is 13.7 Å². The average Bonchev–Trinajstić information content (AvgIpc) is 3.05. The molecule has 0 aliphatic heterocycles. The maximum absolute atomic E-state index is 12.3. The van der Waals surface area contributed by atoms with E-state index in [0.29, 0.717) is 35.0 Å². The van der Waals surface area contributed by atoms with Crippen LogP contribution < -0.4 is 20.3 Å². The molecule has 1 aromatic carbocycles. The number of ketones is 1. The summed E-state index contributed by atoms with van der Waals surface area (Å²) in [5, 5.41) is 0. The van der Waals surface area contributed by atoms with Crippen molar-refractivity contribution >= 4 is 28.9 Å². The molecule has 0 fully saturated rings. The zero-order chi connectivity index (χ0) is 22.2. The van der Waals surface area contributed by atoms with Gasteiger partial charge in [-0.25, -0.2) is 0 Å². The molecule has 31 heavy (non-hydrogen) atoms. The van der Waals surface area contributed by atoms with E-state index in [9.17, 15) is 14.4 Å². The molecule has 1 aromatic heterocycles. The molecule has 0 radical (unpaired) electrons. The number of hydrazine groups is 1. The Morgan fingerprint density at radius 1 is 1.03 bits per heavy atom. The third kappa shape index (κ3) is 6.30. The van der Waals surface area contributed by atoms with Crippen LogP contribution in [0.1, 0.15) is 69.5 Å². The van der Waals surface area contributed by atoms with E-state index in [1.165, 1.54) is 48.7 Å². The maximum Gasteiger partial charge on any atom is 0.279 e. The van der Waals surface area contributed by atoms with E-state index >= 15 is 0 Å². The predicted molar refractivity (Wildman–Crippen MR) is 119 cm³/mol. The van der Waals surface area contributed by atoms with Crippen LogP contribution in [0.15, 0.2) is 24.3 Å². The second-order valence-electron chi connectivity index (χ2n) is 7.50. The van der Waals surface area contributed by atoms with Gasteiger partial charge in [0.2, 0.25) is 5.91 Å². The number of nitrogens with one attached hydrogen (secondary N) is 2. The number of hydrogen-bond donors (Lipinski definition) is 2. The molecule has 1 aliphatic rings. The molecule has 0 spiro atoms. The third-order valence-corrected chi connectivity index (χ3v) is 6.40. The lowest BCUT2D eigenvalue weighted by atomic mass is 10.1. The largest absolute Gasteiger partial charge is 0.493 e. The van der Waals surface area contributed by atoms with Crippen molar-refractivity contribution in [3.05, 3.63) is 45.1 Å². The van der Waals surface area contributed by atoms with Crippen molar-refractivity contribution < 1.29 is 23.9 Å². The minimum Gasteiger partial charge on any atom is -0.493 e. The fourth-order valence-electron chi connectivity index (χ4n) is 3.45. The third-order valence-electron chi connectivity index (χ3n) is 5.16. The first-order valence-electron chi connectivity index (χ1n) is 10.5. The first kappa shape index (κ1) is 22.8. The second kappa shape index (κ2) is 10.9. The number of fused-ring (bicyclic) bond motifs is 1. The average molecular weight is 445 g/mol. The summed E-state index contributed by atoms with van der Waals surface area (Å²) in [6.45, 7) is 1.79. The summed E-state index contributed by atoms with van der Waals surface area (Å²) in [5.41, 5.74) is 6.77. The van der Waals surface area contributed by atoms with Crippen LogP contribution in [0.3, 0.4) is 0 Å². The van der Waals surface area contributed by atoms with E-state index in [1.54, 1.807) is 18.2 Å². The summed E-state index contributed by atoms with van der Waals surface area (Å²) in [7, 11) is 1.51. The molecule has 0 unspecified atom stereocenters. The summed E-state index contributed by atoms with van der Waals surface area (Å²) in [4.78, 5) is 37.7. The molecular weight excluding hydrogens is 416 g/mol. The van der Waals surface area contributed by atoms with Crippen LogP contribution in [0.2, 0.25) is 0 Å². The number of methoxy groups -OCH3 is 1. The number of aryl methyl sites for hydroxylation is 2. The molecule has 2 N–H and O–H groups in total. The van der Waals surface area contributed by atoms with Crippen LogP contribution in [-0.2, 0) is 17.6 Å². The fourth-order valence-corrected chi connectivity index (χ4v) is 4.60. The molecule has 0 atom stereocenters. The van der Waals surface area contributed by atoms with Crippen LogP contribution >= 0.6 is 11.3 Å². The molecule has 0 bridgehead atoms. The molecular formula is C23H28N2O5S. The van der Waals surface area contributed by atoms with E-state index in [0.717, 1.165) is 19.3 Å². The van der Waals surface area contributed by atoms with Crippen molar-refractivity contribution in [2.24, 2.45) is 0 Å². The Morgan fingerprint density at radius 2 is 1.84 bits per heavy atom. The number of amides is 2. The topological polar surface area (TPSA) is 93.7 Å². The van der Waals surface area contributed by atoms with E-state index in [2.05, 4.69) is 10.9 Å². The molecule has 0 saturated carbocycles. The zero-order valence-electron chi connectivity index (χ0n) is 17.9. The van der Waals surface area contributed by atoms with Gasteiger partial charge >= 0.3 is 0 Å².